The summed E-state index contributed by atoms with van der Waals surface area (Å²) in [5, 5.41) is 8.60. The highest BCUT2D eigenvalue weighted by Crippen LogP contribution is 2.22. The van der Waals surface area contributed by atoms with E-state index >= 15 is 0 Å². The van der Waals surface area contributed by atoms with E-state index in [0.29, 0.717) is 11.4 Å². The van der Waals surface area contributed by atoms with Crippen LogP contribution >= 0.6 is 11.3 Å². The van der Waals surface area contributed by atoms with Gasteiger partial charge >= 0.3 is 0 Å². The van der Waals surface area contributed by atoms with Crippen LogP contribution in [0, 0.1) is 0 Å². The molecule has 1 aromatic heterocycles. The van der Waals surface area contributed by atoms with E-state index in [-0.39, 0.29) is 12.5 Å². The van der Waals surface area contributed by atoms with Gasteiger partial charge in [-0.05, 0) is 30.5 Å². The second kappa shape index (κ2) is 7.44. The third-order valence-corrected chi connectivity index (χ3v) is 3.63. The Kier molecular flexibility index (Phi) is 5.34. The molecule has 6 heteroatoms. The van der Waals surface area contributed by atoms with E-state index in [1.807, 2.05) is 36.6 Å². The van der Waals surface area contributed by atoms with Gasteiger partial charge in [-0.1, -0.05) is 23.4 Å². The molecule has 1 N–H and O–H groups in total. The summed E-state index contributed by atoms with van der Waals surface area (Å²) in [6.07, 6.45) is 0. The van der Waals surface area contributed by atoms with Gasteiger partial charge in [0.25, 0.3) is 5.91 Å². The van der Waals surface area contributed by atoms with Gasteiger partial charge < -0.3 is 14.9 Å². The van der Waals surface area contributed by atoms with Gasteiger partial charge in [-0.3, -0.25) is 4.79 Å². The van der Waals surface area contributed by atoms with E-state index in [4.69, 9.17) is 9.57 Å². The molecule has 0 unspecified atom stereocenters. The van der Waals surface area contributed by atoms with Gasteiger partial charge in [0.2, 0.25) is 0 Å². The molecule has 0 aliphatic rings. The fraction of sp³-hybridized carbons (Fsp3) is 0.200. The van der Waals surface area contributed by atoms with E-state index in [2.05, 4.69) is 10.5 Å². The van der Waals surface area contributed by atoms with E-state index in [0.717, 1.165) is 10.6 Å². The average Bonchev–Trinajstić information content (AvgIpc) is 3.02. The van der Waals surface area contributed by atoms with Crippen molar-refractivity contribution in [3.05, 3.63) is 46.7 Å². The summed E-state index contributed by atoms with van der Waals surface area (Å²) in [6, 6.07) is 11.1. The molecule has 0 bridgehead atoms. The first-order valence-electron chi connectivity index (χ1n) is 6.34. The Morgan fingerprint density at radius 2 is 2.10 bits per heavy atom. The van der Waals surface area contributed by atoms with Gasteiger partial charge in [-0.25, -0.2) is 0 Å². The minimum atomic E-state index is -0.290. The Morgan fingerprint density at radius 3 is 2.81 bits per heavy atom. The van der Waals surface area contributed by atoms with E-state index in [1.54, 1.807) is 30.6 Å². The van der Waals surface area contributed by atoms with Crippen LogP contribution in [0.25, 0.3) is 0 Å². The smallest absolute Gasteiger partial charge is 0.265 e. The molecule has 0 aliphatic heterocycles. The Balaban J connectivity index is 1.86. The molecule has 110 valence electrons. The van der Waals surface area contributed by atoms with Crippen LogP contribution in [0.4, 0.5) is 5.69 Å². The summed E-state index contributed by atoms with van der Waals surface area (Å²) < 4.78 is 5.16. The third kappa shape index (κ3) is 4.32. The number of thiophene rings is 1. The van der Waals surface area contributed by atoms with E-state index < -0.39 is 0 Å². The van der Waals surface area contributed by atoms with Crippen LogP contribution in [-0.4, -0.2) is 25.3 Å². The monoisotopic (exact) mass is 304 g/mol. The highest BCUT2D eigenvalue weighted by atomic mass is 32.1. The van der Waals surface area contributed by atoms with E-state index in [9.17, 15) is 4.79 Å². The van der Waals surface area contributed by atoms with Crippen LogP contribution in [0.5, 0.6) is 5.75 Å². The molecule has 2 rings (SSSR count). The number of amides is 1. The van der Waals surface area contributed by atoms with E-state index in [1.165, 1.54) is 0 Å². The first-order chi connectivity index (χ1) is 10.2. The summed E-state index contributed by atoms with van der Waals surface area (Å²) in [7, 11) is 1.55. The highest BCUT2D eigenvalue weighted by molar-refractivity contribution is 7.12. The molecule has 0 spiro atoms. The number of carbonyl (C=O) groups excluding carboxylic acids is 1. The van der Waals surface area contributed by atoms with Gasteiger partial charge in [0, 0.05) is 0 Å². The Bertz CT molecular complexity index is 624. The maximum atomic E-state index is 11.8. The summed E-state index contributed by atoms with van der Waals surface area (Å²) in [5.41, 5.74) is 1.35. The highest BCUT2D eigenvalue weighted by Gasteiger charge is 2.07. The van der Waals surface area contributed by atoms with Crippen LogP contribution in [0.1, 0.15) is 11.8 Å². The Morgan fingerprint density at radius 1 is 1.29 bits per heavy atom. The van der Waals surface area contributed by atoms with Crippen molar-refractivity contribution in [1.82, 2.24) is 0 Å². The molecule has 21 heavy (non-hydrogen) atoms. The number of oxime groups is 1. The lowest BCUT2D eigenvalue weighted by atomic mass is 10.3. The molecule has 5 nitrogen and oxygen atoms in total. The summed E-state index contributed by atoms with van der Waals surface area (Å²) in [4.78, 5) is 17.9. The lowest BCUT2D eigenvalue weighted by Crippen LogP contribution is -2.17. The van der Waals surface area contributed by atoms with Crippen LogP contribution in [-0.2, 0) is 9.63 Å². The SMILES string of the molecule is COc1ccccc1NC(=O)CO/N=C(\C)c1cccs1. The predicted molar refractivity (Wildman–Crippen MR) is 84.1 cm³/mol. The van der Waals surface area contributed by atoms with Crippen molar-refractivity contribution in [2.24, 2.45) is 5.16 Å². The quantitative estimate of drug-likeness (QED) is 0.659. The average molecular weight is 304 g/mol. The molecule has 0 fully saturated rings. The van der Waals surface area contributed by atoms with Crippen molar-refractivity contribution in [3.63, 3.8) is 0 Å². The molecule has 0 saturated carbocycles. The zero-order valence-corrected chi connectivity index (χ0v) is 12.6. The largest absolute Gasteiger partial charge is 0.495 e. The standard InChI is InChI=1S/C15H16N2O3S/c1-11(14-8-5-9-21-14)17-20-10-15(18)16-12-6-3-4-7-13(12)19-2/h3-9H,10H2,1-2H3,(H,16,18)/b17-11+. The minimum absolute atomic E-state index is 0.152. The van der Waals surface area contributed by atoms with Crippen molar-refractivity contribution < 1.29 is 14.4 Å². The molecule has 1 heterocycles. The number of anilines is 1. The summed E-state index contributed by atoms with van der Waals surface area (Å²) >= 11 is 1.57. The number of carbonyl (C=O) groups is 1. The summed E-state index contributed by atoms with van der Waals surface area (Å²) in [6.45, 7) is 1.69. The van der Waals surface area contributed by atoms with Crippen molar-refractivity contribution in [2.75, 3.05) is 19.0 Å². The van der Waals surface area contributed by atoms with Crippen molar-refractivity contribution >= 4 is 28.6 Å². The number of para-hydroxylation sites is 2. The second-order valence-corrected chi connectivity index (χ2v) is 5.12. The number of hydrogen-bond donors (Lipinski definition) is 1. The number of hydrogen-bond acceptors (Lipinski definition) is 5. The fourth-order valence-corrected chi connectivity index (χ4v) is 2.32. The van der Waals surface area contributed by atoms with Gasteiger partial charge in [-0.15, -0.1) is 11.3 Å². The molecule has 1 aromatic carbocycles. The third-order valence-electron chi connectivity index (χ3n) is 2.66. The van der Waals surface area contributed by atoms with Crippen LogP contribution < -0.4 is 10.1 Å². The predicted octanol–water partition coefficient (Wildman–Crippen LogP) is 3.14. The maximum Gasteiger partial charge on any atom is 0.265 e. The molecular weight excluding hydrogens is 288 g/mol. The number of benzene rings is 1. The molecule has 0 atom stereocenters. The molecule has 2 aromatic rings. The number of nitrogens with zero attached hydrogens (tertiary/aromatic N) is 1. The normalized spacial score (nSPS) is 11.0. The lowest BCUT2D eigenvalue weighted by molar-refractivity contribution is -0.120. The lowest BCUT2D eigenvalue weighted by Gasteiger charge is -2.09. The topological polar surface area (TPSA) is 59.9 Å². The summed E-state index contributed by atoms with van der Waals surface area (Å²) in [5.74, 6) is 0.311. The molecule has 0 saturated heterocycles. The fourth-order valence-electron chi connectivity index (χ4n) is 1.65. The van der Waals surface area contributed by atoms with Crippen LogP contribution in [0.15, 0.2) is 46.9 Å². The Labute approximate surface area is 127 Å². The van der Waals surface area contributed by atoms with Crippen LogP contribution in [0.3, 0.4) is 0 Å². The molecular formula is C15H16N2O3S. The van der Waals surface area contributed by atoms with Gasteiger partial charge in [0.05, 0.1) is 23.4 Å². The molecule has 0 aliphatic carbocycles. The second-order valence-electron chi connectivity index (χ2n) is 4.18. The van der Waals surface area contributed by atoms with Crippen molar-refractivity contribution in [1.29, 1.82) is 0 Å². The van der Waals surface area contributed by atoms with Gasteiger partial charge in [0.15, 0.2) is 6.61 Å². The first kappa shape index (κ1) is 15.1. The van der Waals surface area contributed by atoms with Gasteiger partial charge in [0.1, 0.15) is 5.75 Å². The first-order valence-corrected chi connectivity index (χ1v) is 7.22. The van der Waals surface area contributed by atoms with Gasteiger partial charge in [-0.2, -0.15) is 0 Å². The molecule has 0 radical (unpaired) electrons. The van der Waals surface area contributed by atoms with Crippen LogP contribution in [0.2, 0.25) is 0 Å². The minimum Gasteiger partial charge on any atom is -0.495 e. The molecule has 1 amide bonds. The Hall–Kier alpha value is -2.34. The van der Waals surface area contributed by atoms with Crippen molar-refractivity contribution in [2.45, 2.75) is 6.92 Å². The zero-order valence-electron chi connectivity index (χ0n) is 11.8. The number of rotatable bonds is 6. The maximum absolute atomic E-state index is 11.8. The number of methoxy groups -OCH3 is 1. The zero-order chi connectivity index (χ0) is 15.1. The number of ether oxygens (including phenoxy) is 1. The number of nitrogens with one attached hydrogen (secondary N) is 1. The van der Waals surface area contributed by atoms with Crippen molar-refractivity contribution in [3.8, 4) is 5.75 Å².